The summed E-state index contributed by atoms with van der Waals surface area (Å²) in [5.74, 6) is 0.517. The normalized spacial score (nSPS) is 34.4. The van der Waals surface area contributed by atoms with Gasteiger partial charge in [-0.05, 0) is 30.7 Å². The summed E-state index contributed by atoms with van der Waals surface area (Å²) in [4.78, 5) is 30.1. The molecule has 4 heterocycles. The van der Waals surface area contributed by atoms with Crippen molar-refractivity contribution in [2.75, 3.05) is 36.0 Å². The van der Waals surface area contributed by atoms with Crippen LogP contribution in [0, 0.1) is 24.6 Å². The molecule has 1 spiro atoms. The minimum atomic E-state index is -0.743. The number of thioether (sulfide) groups is 1. The number of ether oxygens (including phenoxy) is 1. The molecule has 1 aromatic carbocycles. The topological polar surface area (TPSA) is 49.9 Å². The van der Waals surface area contributed by atoms with Crippen molar-refractivity contribution >= 4 is 29.3 Å². The van der Waals surface area contributed by atoms with E-state index in [1.165, 1.54) is 12.1 Å². The van der Waals surface area contributed by atoms with Crippen molar-refractivity contribution in [2.24, 2.45) is 11.8 Å². The van der Waals surface area contributed by atoms with E-state index < -0.39 is 17.4 Å². The number of carbonyl (C=O) groups is 2. The molecule has 0 aromatic heterocycles. The third-order valence-electron chi connectivity index (χ3n) is 6.16. The average molecular weight is 388 g/mol. The van der Waals surface area contributed by atoms with E-state index in [1.807, 2.05) is 28.8 Å². The van der Waals surface area contributed by atoms with Gasteiger partial charge in [0, 0.05) is 30.3 Å². The number of amides is 2. The number of hydrogen-bond acceptors (Lipinski definition) is 4. The minimum absolute atomic E-state index is 0.0301. The average Bonchev–Trinajstić information content (AvgIpc) is 3.30. The Bertz CT molecular complexity index is 854. The summed E-state index contributed by atoms with van der Waals surface area (Å²) >= 11 is 1.85. The predicted octanol–water partition coefficient (Wildman–Crippen LogP) is 2.00. The van der Waals surface area contributed by atoms with E-state index in [2.05, 4.69) is 0 Å². The smallest absolute Gasteiger partial charge is 0.234 e. The maximum absolute atomic E-state index is 13.5. The molecule has 27 heavy (non-hydrogen) atoms. The van der Waals surface area contributed by atoms with Gasteiger partial charge in [-0.25, -0.2) is 4.39 Å². The van der Waals surface area contributed by atoms with Crippen LogP contribution in [0.25, 0.3) is 0 Å². The van der Waals surface area contributed by atoms with Crippen molar-refractivity contribution in [2.45, 2.75) is 18.6 Å². The zero-order valence-corrected chi connectivity index (χ0v) is 15.9. The first-order chi connectivity index (χ1) is 13.0. The molecule has 3 saturated heterocycles. The van der Waals surface area contributed by atoms with E-state index in [-0.39, 0.29) is 23.7 Å². The van der Waals surface area contributed by atoms with Gasteiger partial charge in [-0.15, -0.1) is 0 Å². The van der Waals surface area contributed by atoms with Crippen molar-refractivity contribution in [1.29, 1.82) is 0 Å². The van der Waals surface area contributed by atoms with Crippen LogP contribution in [-0.2, 0) is 14.3 Å². The third-order valence-corrected chi connectivity index (χ3v) is 7.10. The van der Waals surface area contributed by atoms with E-state index in [9.17, 15) is 14.0 Å². The maximum atomic E-state index is 13.5. The summed E-state index contributed by atoms with van der Waals surface area (Å²) in [6, 6.07) is 4.43. The van der Waals surface area contributed by atoms with Crippen LogP contribution in [0.2, 0.25) is 0 Å². The van der Waals surface area contributed by atoms with Gasteiger partial charge in [0.1, 0.15) is 11.4 Å². The number of nitrogens with zero attached hydrogens (tertiary/aromatic N) is 2. The summed E-state index contributed by atoms with van der Waals surface area (Å²) < 4.78 is 19.7. The Morgan fingerprint density at radius 1 is 1.33 bits per heavy atom. The molecule has 5 nitrogen and oxygen atoms in total. The first-order valence-corrected chi connectivity index (χ1v) is 10.5. The molecule has 4 aliphatic heterocycles. The molecule has 0 N–H and O–H groups in total. The van der Waals surface area contributed by atoms with Gasteiger partial charge < -0.3 is 14.5 Å². The molecule has 0 aliphatic carbocycles. The van der Waals surface area contributed by atoms with Crippen LogP contribution in [0.5, 0.6) is 0 Å². The molecule has 0 saturated carbocycles. The van der Waals surface area contributed by atoms with Crippen molar-refractivity contribution in [3.8, 4) is 0 Å². The monoisotopic (exact) mass is 388 g/mol. The first kappa shape index (κ1) is 17.3. The van der Waals surface area contributed by atoms with Gasteiger partial charge in [0.15, 0.2) is 0 Å². The molecule has 2 bridgehead atoms. The molecule has 2 amide bonds. The van der Waals surface area contributed by atoms with Crippen LogP contribution in [0.15, 0.2) is 30.4 Å². The van der Waals surface area contributed by atoms with Crippen molar-refractivity contribution in [3.63, 3.8) is 0 Å². The fourth-order valence-electron chi connectivity index (χ4n) is 4.90. The number of rotatable bonds is 2. The highest BCUT2D eigenvalue weighted by atomic mass is 32.2. The Kier molecular flexibility index (Phi) is 3.88. The number of aryl methyl sites for hydroxylation is 1. The number of halogens is 1. The molecular formula is C20H21FN2O3S. The number of carbonyl (C=O) groups excluding carboxylic acids is 2. The molecule has 0 radical (unpaired) electrons. The zero-order chi connectivity index (χ0) is 18.8. The second-order valence-corrected chi connectivity index (χ2v) is 8.92. The Morgan fingerprint density at radius 3 is 2.85 bits per heavy atom. The molecule has 7 heteroatoms. The molecule has 1 aromatic rings. The standard InChI is InChI=1S/C20H21FN2O3S/c1-12-10-13(21)2-3-14(12)23-11-20-5-4-15(26-20)16(17(20)19(23)25)18(24)22-6-8-27-9-7-22/h2-5,10,15-17H,6-9,11H2,1H3/t15-,16-,17+,20-/m0/s1. The van der Waals surface area contributed by atoms with Crippen LogP contribution < -0.4 is 4.90 Å². The Morgan fingerprint density at radius 2 is 2.11 bits per heavy atom. The summed E-state index contributed by atoms with van der Waals surface area (Å²) in [6.45, 7) is 3.62. The van der Waals surface area contributed by atoms with Gasteiger partial charge >= 0.3 is 0 Å². The highest BCUT2D eigenvalue weighted by molar-refractivity contribution is 7.99. The summed E-state index contributed by atoms with van der Waals surface area (Å²) in [6.07, 6.45) is 3.57. The van der Waals surface area contributed by atoms with E-state index in [4.69, 9.17) is 4.74 Å². The van der Waals surface area contributed by atoms with Gasteiger partial charge in [-0.2, -0.15) is 11.8 Å². The first-order valence-electron chi connectivity index (χ1n) is 9.31. The van der Waals surface area contributed by atoms with Crippen molar-refractivity contribution < 1.29 is 18.7 Å². The summed E-state index contributed by atoms with van der Waals surface area (Å²) in [5, 5.41) is 0. The lowest BCUT2D eigenvalue weighted by atomic mass is 9.76. The molecular weight excluding hydrogens is 367 g/mol. The predicted molar refractivity (Wildman–Crippen MR) is 101 cm³/mol. The highest BCUT2D eigenvalue weighted by Crippen LogP contribution is 2.53. The van der Waals surface area contributed by atoms with Crippen LogP contribution in [0.3, 0.4) is 0 Å². The summed E-state index contributed by atoms with van der Waals surface area (Å²) in [5.41, 5.74) is 0.647. The van der Waals surface area contributed by atoms with Gasteiger partial charge in [-0.3, -0.25) is 9.59 Å². The lowest BCUT2D eigenvalue weighted by Gasteiger charge is -2.32. The zero-order valence-electron chi connectivity index (χ0n) is 15.1. The second-order valence-electron chi connectivity index (χ2n) is 7.69. The molecule has 3 fully saturated rings. The molecule has 142 valence electrons. The van der Waals surface area contributed by atoms with Gasteiger partial charge in [0.05, 0.1) is 24.5 Å². The largest absolute Gasteiger partial charge is 0.360 e. The molecule has 4 atom stereocenters. The van der Waals surface area contributed by atoms with Gasteiger partial charge in [-0.1, -0.05) is 12.2 Å². The van der Waals surface area contributed by atoms with Crippen molar-refractivity contribution in [1.82, 2.24) is 4.90 Å². The van der Waals surface area contributed by atoms with Gasteiger partial charge in [0.2, 0.25) is 11.8 Å². The fourth-order valence-corrected chi connectivity index (χ4v) is 5.80. The lowest BCUT2D eigenvalue weighted by Crippen LogP contribution is -2.48. The number of fused-ring (bicyclic) bond motifs is 1. The van der Waals surface area contributed by atoms with E-state index in [1.54, 1.807) is 17.9 Å². The van der Waals surface area contributed by atoms with Crippen LogP contribution in [0.4, 0.5) is 10.1 Å². The van der Waals surface area contributed by atoms with E-state index >= 15 is 0 Å². The Hall–Kier alpha value is -1.86. The quantitative estimate of drug-likeness (QED) is 0.728. The molecule has 0 unspecified atom stereocenters. The fraction of sp³-hybridized carbons (Fsp3) is 0.500. The second kappa shape index (κ2) is 6.07. The Labute approximate surface area is 161 Å². The van der Waals surface area contributed by atoms with Crippen LogP contribution in [0.1, 0.15) is 5.56 Å². The number of anilines is 1. The van der Waals surface area contributed by atoms with E-state index in [0.29, 0.717) is 17.8 Å². The third kappa shape index (κ3) is 2.48. The molecule has 5 rings (SSSR count). The van der Waals surface area contributed by atoms with Crippen LogP contribution in [-0.4, -0.2) is 59.6 Å². The maximum Gasteiger partial charge on any atom is 0.234 e. The number of benzene rings is 1. The minimum Gasteiger partial charge on any atom is -0.360 e. The Balaban J connectivity index is 1.48. The SMILES string of the molecule is Cc1cc(F)ccc1N1C[C@]23C=C[C@H](O2)[C@H](C(=O)N2CCSCC2)[C@@H]3C1=O. The van der Waals surface area contributed by atoms with E-state index in [0.717, 1.165) is 24.6 Å². The number of hydrogen-bond donors (Lipinski definition) is 0. The van der Waals surface area contributed by atoms with Gasteiger partial charge in [0.25, 0.3) is 0 Å². The molecule has 4 aliphatic rings. The van der Waals surface area contributed by atoms with Crippen molar-refractivity contribution in [3.05, 3.63) is 41.7 Å². The summed E-state index contributed by atoms with van der Waals surface area (Å²) in [7, 11) is 0. The highest BCUT2D eigenvalue weighted by Gasteiger charge is 2.67. The van der Waals surface area contributed by atoms with Crippen LogP contribution >= 0.6 is 11.8 Å². The lowest BCUT2D eigenvalue weighted by molar-refractivity contribution is -0.140.